The van der Waals surface area contributed by atoms with Gasteiger partial charge in [0.15, 0.2) is 5.65 Å². The summed E-state index contributed by atoms with van der Waals surface area (Å²) in [4.78, 5) is 4.96. The molecule has 2 aliphatic carbocycles. The molecule has 0 saturated heterocycles. The van der Waals surface area contributed by atoms with E-state index >= 15 is 0 Å². The van der Waals surface area contributed by atoms with E-state index in [1.165, 1.54) is 55.5 Å². The van der Waals surface area contributed by atoms with Gasteiger partial charge in [0.2, 0.25) is 0 Å². The number of aryl methyl sites for hydroxylation is 1. The molecule has 0 N–H and O–H groups in total. The van der Waals surface area contributed by atoms with E-state index in [0.29, 0.717) is 5.41 Å². The second kappa shape index (κ2) is 3.56. The first-order valence-electron chi connectivity index (χ1n) is 6.74. The van der Waals surface area contributed by atoms with Crippen LogP contribution in [0.4, 0.5) is 0 Å². The maximum Gasteiger partial charge on any atom is 0.169 e. The van der Waals surface area contributed by atoms with E-state index in [4.69, 9.17) is 4.98 Å². The van der Waals surface area contributed by atoms with Gasteiger partial charge in [-0.05, 0) is 54.1 Å². The first kappa shape index (κ1) is 11.0. The number of fused-ring (bicyclic) bond motifs is 3. The largest absolute Gasteiger partial charge is 0.232 e. The van der Waals surface area contributed by atoms with E-state index in [0.717, 1.165) is 10.1 Å². The fraction of sp³-hybridized carbons (Fsp3) is 0.571. The lowest BCUT2D eigenvalue weighted by atomic mass is 9.83. The number of hydrogen-bond donors (Lipinski definition) is 0. The van der Waals surface area contributed by atoms with Gasteiger partial charge in [-0.1, -0.05) is 12.8 Å². The third kappa shape index (κ3) is 1.25. The van der Waals surface area contributed by atoms with Gasteiger partial charge in [0.1, 0.15) is 0 Å². The number of halogens is 1. The normalized spacial score (nSPS) is 21.0. The molecule has 1 fully saturated rings. The van der Waals surface area contributed by atoms with Crippen molar-refractivity contribution in [3.05, 3.63) is 27.6 Å². The van der Waals surface area contributed by atoms with E-state index in [1.807, 2.05) is 10.7 Å². The maximum absolute atomic E-state index is 4.96. The Bertz CT molecular complexity index is 638. The van der Waals surface area contributed by atoms with Crippen molar-refractivity contribution in [3.63, 3.8) is 0 Å². The molecule has 1 spiro atoms. The third-order valence-corrected chi connectivity index (χ3v) is 5.43. The Morgan fingerprint density at radius 2 is 2.06 bits per heavy atom. The Kier molecular flexibility index (Phi) is 2.17. The van der Waals surface area contributed by atoms with E-state index in [2.05, 4.69) is 28.0 Å². The van der Waals surface area contributed by atoms with Crippen LogP contribution in [-0.2, 0) is 11.8 Å². The summed E-state index contributed by atoms with van der Waals surface area (Å²) in [6.45, 7) is 2.18. The minimum Gasteiger partial charge on any atom is -0.232 e. The van der Waals surface area contributed by atoms with Crippen molar-refractivity contribution in [2.24, 2.45) is 0 Å². The van der Waals surface area contributed by atoms with Crippen molar-refractivity contribution >= 4 is 21.6 Å². The molecule has 0 aromatic carbocycles. The predicted octanol–water partition coefficient (Wildman–Crippen LogP) is 3.56. The summed E-state index contributed by atoms with van der Waals surface area (Å²) >= 11 is 3.56. The lowest BCUT2D eigenvalue weighted by Gasteiger charge is -2.23. The Morgan fingerprint density at radius 1 is 1.28 bits per heavy atom. The monoisotopic (exact) mass is 305 g/mol. The van der Waals surface area contributed by atoms with Gasteiger partial charge in [0.25, 0.3) is 0 Å². The van der Waals surface area contributed by atoms with Gasteiger partial charge in [-0.15, -0.1) is 0 Å². The lowest BCUT2D eigenvalue weighted by molar-refractivity contribution is 0.429. The number of nitrogens with zero attached hydrogens (tertiary/aromatic N) is 3. The molecule has 0 aliphatic heterocycles. The van der Waals surface area contributed by atoms with Gasteiger partial charge >= 0.3 is 0 Å². The maximum atomic E-state index is 4.96. The molecule has 18 heavy (non-hydrogen) atoms. The zero-order valence-electron chi connectivity index (χ0n) is 10.5. The SMILES string of the molecule is Cc1c2c(nc3c(Br)cnn13)C1(CCCC1)CC2. The predicted molar refractivity (Wildman–Crippen MR) is 73.9 cm³/mol. The van der Waals surface area contributed by atoms with Crippen molar-refractivity contribution in [1.82, 2.24) is 14.6 Å². The number of hydrogen-bond acceptors (Lipinski definition) is 2. The first-order valence-corrected chi connectivity index (χ1v) is 7.54. The van der Waals surface area contributed by atoms with Crippen molar-refractivity contribution in [2.45, 2.75) is 50.9 Å². The average molecular weight is 306 g/mol. The van der Waals surface area contributed by atoms with E-state index in [9.17, 15) is 0 Å². The molecule has 94 valence electrons. The van der Waals surface area contributed by atoms with Crippen LogP contribution in [0.25, 0.3) is 5.65 Å². The van der Waals surface area contributed by atoms with E-state index in [1.54, 1.807) is 0 Å². The molecular weight excluding hydrogens is 290 g/mol. The molecule has 4 rings (SSSR count). The Labute approximate surface area is 115 Å². The standard InChI is InChI=1S/C14H16BrN3/c1-9-10-4-7-14(5-2-3-6-14)12(10)17-13-11(15)8-16-18(9)13/h8H,2-7H2,1H3. The topological polar surface area (TPSA) is 30.2 Å². The summed E-state index contributed by atoms with van der Waals surface area (Å²) in [5.74, 6) is 0. The highest BCUT2D eigenvalue weighted by molar-refractivity contribution is 9.10. The molecule has 2 aromatic rings. The van der Waals surface area contributed by atoms with Gasteiger partial charge < -0.3 is 0 Å². The quantitative estimate of drug-likeness (QED) is 0.745. The van der Waals surface area contributed by atoms with Crippen LogP contribution in [0.15, 0.2) is 10.7 Å². The molecule has 2 aliphatic rings. The summed E-state index contributed by atoms with van der Waals surface area (Å²) < 4.78 is 2.99. The third-order valence-electron chi connectivity index (χ3n) is 4.88. The minimum absolute atomic E-state index is 0.394. The van der Waals surface area contributed by atoms with Crippen molar-refractivity contribution < 1.29 is 0 Å². The van der Waals surface area contributed by atoms with E-state index in [-0.39, 0.29) is 0 Å². The summed E-state index contributed by atoms with van der Waals surface area (Å²) in [6, 6.07) is 0. The number of aromatic nitrogens is 3. The van der Waals surface area contributed by atoms with Crippen molar-refractivity contribution in [1.29, 1.82) is 0 Å². The van der Waals surface area contributed by atoms with Gasteiger partial charge in [-0.3, -0.25) is 0 Å². The first-order chi connectivity index (χ1) is 8.71. The van der Waals surface area contributed by atoms with Gasteiger partial charge in [-0.25, -0.2) is 9.50 Å². The zero-order valence-corrected chi connectivity index (χ0v) is 12.1. The average Bonchev–Trinajstić information content (AvgIpc) is 3.05. The molecule has 4 heteroatoms. The van der Waals surface area contributed by atoms with Crippen molar-refractivity contribution in [2.75, 3.05) is 0 Å². The Hall–Kier alpha value is -0.900. The molecular formula is C14H16BrN3. The second-order valence-electron chi connectivity index (χ2n) is 5.74. The molecule has 2 heterocycles. The zero-order chi connectivity index (χ0) is 12.3. The smallest absolute Gasteiger partial charge is 0.169 e. The highest BCUT2D eigenvalue weighted by atomic mass is 79.9. The number of rotatable bonds is 0. The van der Waals surface area contributed by atoms with Crippen LogP contribution in [0.5, 0.6) is 0 Å². The Morgan fingerprint density at radius 3 is 2.83 bits per heavy atom. The molecule has 1 saturated carbocycles. The molecule has 0 radical (unpaired) electrons. The van der Waals surface area contributed by atoms with E-state index < -0.39 is 0 Å². The van der Waals surface area contributed by atoms with Crippen LogP contribution in [-0.4, -0.2) is 14.6 Å². The van der Waals surface area contributed by atoms with Crippen LogP contribution >= 0.6 is 15.9 Å². The van der Waals surface area contributed by atoms with Crippen LogP contribution < -0.4 is 0 Å². The van der Waals surface area contributed by atoms with Crippen LogP contribution in [0.2, 0.25) is 0 Å². The molecule has 3 nitrogen and oxygen atoms in total. The second-order valence-corrected chi connectivity index (χ2v) is 6.59. The van der Waals surface area contributed by atoms with Gasteiger partial charge in [-0.2, -0.15) is 5.10 Å². The minimum atomic E-state index is 0.394. The summed E-state index contributed by atoms with van der Waals surface area (Å²) in [5, 5.41) is 4.42. The fourth-order valence-electron chi connectivity index (χ4n) is 3.90. The molecule has 0 unspecified atom stereocenters. The summed E-state index contributed by atoms with van der Waals surface area (Å²) in [5.41, 5.74) is 5.50. The van der Waals surface area contributed by atoms with Crippen LogP contribution in [0.1, 0.15) is 49.1 Å². The lowest BCUT2D eigenvalue weighted by Crippen LogP contribution is -2.20. The summed E-state index contributed by atoms with van der Waals surface area (Å²) in [7, 11) is 0. The highest BCUT2D eigenvalue weighted by Gasteiger charge is 2.43. The van der Waals surface area contributed by atoms with Crippen LogP contribution in [0.3, 0.4) is 0 Å². The molecule has 0 bridgehead atoms. The van der Waals surface area contributed by atoms with Gasteiger partial charge in [0.05, 0.1) is 16.4 Å². The highest BCUT2D eigenvalue weighted by Crippen LogP contribution is 2.50. The fourth-order valence-corrected chi connectivity index (χ4v) is 4.25. The molecule has 0 amide bonds. The van der Waals surface area contributed by atoms with Crippen LogP contribution in [0, 0.1) is 6.92 Å². The molecule has 2 aromatic heterocycles. The summed E-state index contributed by atoms with van der Waals surface area (Å²) in [6.07, 6.45) is 9.72. The molecule has 0 atom stereocenters. The van der Waals surface area contributed by atoms with Gasteiger partial charge in [0, 0.05) is 11.1 Å². The van der Waals surface area contributed by atoms with Crippen molar-refractivity contribution in [3.8, 4) is 0 Å². The Balaban J connectivity index is 2.04.